The smallest absolute Gasteiger partial charge is 0.0981 e. The molecule has 0 aliphatic heterocycles. The molecule has 0 saturated heterocycles. The standard InChI is InChI=1S/C49H32O2S/c1-2-11-31-26-30(10-1)45(33-22-24-50-28-33)36-12-3-4-13-37(36)47(31)43-19-9-18-42-35-21-20-32(27-44(35)52-49(42)43)46-38-14-5-7-16-40(38)48(34-23-25-51-29-34)41-17-8-6-15-39(41)46/h1-8,10-17,19-30H,9,18H2. The summed E-state index contributed by atoms with van der Waals surface area (Å²) in [4.78, 5) is 1.39. The molecule has 1 atom stereocenters. The molecule has 246 valence electrons. The van der Waals surface area contributed by atoms with Crippen LogP contribution >= 0.6 is 11.3 Å². The molecular weight excluding hydrogens is 653 g/mol. The largest absolute Gasteiger partial charge is 0.472 e. The average Bonchev–Trinajstić information content (AvgIpc) is 3.94. The van der Waals surface area contributed by atoms with Gasteiger partial charge >= 0.3 is 0 Å². The Morgan fingerprint density at radius 3 is 2.00 bits per heavy atom. The molecular formula is C49H32O2S. The van der Waals surface area contributed by atoms with Gasteiger partial charge in [-0.05, 0) is 107 Å². The first-order valence-corrected chi connectivity index (χ1v) is 18.8. The van der Waals surface area contributed by atoms with Crippen molar-refractivity contribution in [3.05, 3.63) is 197 Å². The first-order valence-electron chi connectivity index (χ1n) is 18.0. The highest BCUT2D eigenvalue weighted by atomic mass is 32.1. The summed E-state index contributed by atoms with van der Waals surface area (Å²) in [6.45, 7) is 0. The van der Waals surface area contributed by atoms with E-state index in [9.17, 15) is 0 Å². The molecule has 3 aliphatic carbocycles. The number of fused-ring (bicyclic) bond motifs is 7. The normalized spacial score (nSPS) is 16.5. The zero-order valence-corrected chi connectivity index (χ0v) is 29.1. The summed E-state index contributed by atoms with van der Waals surface area (Å²) < 4.78 is 12.5. The lowest BCUT2D eigenvalue weighted by atomic mass is 9.85. The molecule has 5 aromatic carbocycles. The molecule has 3 aromatic heterocycles. The number of benzene rings is 5. The van der Waals surface area contributed by atoms with Crippen LogP contribution in [0.3, 0.4) is 0 Å². The molecule has 0 N–H and O–H groups in total. The topological polar surface area (TPSA) is 26.3 Å². The van der Waals surface area contributed by atoms with E-state index in [1.165, 1.54) is 91.5 Å². The van der Waals surface area contributed by atoms with Gasteiger partial charge in [0.25, 0.3) is 0 Å². The Hall–Kier alpha value is -6.16. The van der Waals surface area contributed by atoms with Gasteiger partial charge in [0.05, 0.1) is 25.1 Å². The van der Waals surface area contributed by atoms with E-state index in [0.29, 0.717) is 0 Å². The number of rotatable bonds is 4. The Morgan fingerprint density at radius 1 is 0.615 bits per heavy atom. The molecule has 8 aromatic rings. The summed E-state index contributed by atoms with van der Waals surface area (Å²) in [6.07, 6.45) is 23.3. The van der Waals surface area contributed by atoms with Crippen LogP contribution in [-0.2, 0) is 6.42 Å². The number of hydrogen-bond acceptors (Lipinski definition) is 3. The minimum atomic E-state index is 0.138. The van der Waals surface area contributed by atoms with Crippen molar-refractivity contribution in [3.8, 4) is 22.3 Å². The summed E-state index contributed by atoms with van der Waals surface area (Å²) in [6, 6.07) is 38.0. The third-order valence-electron chi connectivity index (χ3n) is 11.1. The van der Waals surface area contributed by atoms with E-state index < -0.39 is 0 Å². The summed E-state index contributed by atoms with van der Waals surface area (Å²) in [5.74, 6) is 0.138. The van der Waals surface area contributed by atoms with E-state index in [2.05, 4.69) is 140 Å². The highest BCUT2D eigenvalue weighted by Gasteiger charge is 2.27. The summed E-state index contributed by atoms with van der Waals surface area (Å²) in [5, 5.41) is 8.90. The number of thiophene rings is 1. The lowest BCUT2D eigenvalue weighted by molar-refractivity contribution is 0.566. The number of furan rings is 2. The number of hydrogen-bond donors (Lipinski definition) is 0. The average molecular weight is 685 g/mol. The van der Waals surface area contributed by atoms with Crippen LogP contribution in [0.15, 0.2) is 179 Å². The molecule has 3 aliphatic rings. The third-order valence-corrected chi connectivity index (χ3v) is 12.3. The first kappa shape index (κ1) is 29.6. The van der Waals surface area contributed by atoms with Gasteiger partial charge in [0.1, 0.15) is 0 Å². The fraction of sp³-hybridized carbons (Fsp3) is 0.0612. The molecule has 1 unspecified atom stereocenters. The van der Waals surface area contributed by atoms with Crippen molar-refractivity contribution in [1.29, 1.82) is 0 Å². The van der Waals surface area contributed by atoms with Crippen LogP contribution in [0.25, 0.3) is 70.6 Å². The molecule has 11 rings (SSSR count). The zero-order chi connectivity index (χ0) is 34.2. The SMILES string of the molecule is C1=CC2=CC(C=C1)C(c1ccoc1)=c1ccccc1=C2C1=CCCc2c1sc1cc(-c3c4ccccc4c(-c4ccoc4)c4ccccc34)ccc21. The predicted molar refractivity (Wildman–Crippen MR) is 216 cm³/mol. The van der Waals surface area contributed by atoms with Gasteiger partial charge in [-0.3, -0.25) is 0 Å². The fourth-order valence-corrected chi connectivity index (χ4v) is 10.3. The van der Waals surface area contributed by atoms with Crippen LogP contribution in [0.2, 0.25) is 0 Å². The lowest BCUT2D eigenvalue weighted by Gasteiger charge is -2.19. The van der Waals surface area contributed by atoms with Crippen molar-refractivity contribution >= 4 is 59.7 Å². The maximum Gasteiger partial charge on any atom is 0.0981 e. The molecule has 3 heterocycles. The Bertz CT molecular complexity index is 2940. The minimum absolute atomic E-state index is 0.138. The van der Waals surface area contributed by atoms with Crippen LogP contribution in [0.4, 0.5) is 0 Å². The minimum Gasteiger partial charge on any atom is -0.472 e. The highest BCUT2D eigenvalue weighted by Crippen LogP contribution is 2.48. The second-order valence-corrected chi connectivity index (χ2v) is 14.9. The molecule has 3 heteroatoms. The quantitative estimate of drug-likeness (QED) is 0.173. The van der Waals surface area contributed by atoms with Gasteiger partial charge in [-0.25, -0.2) is 0 Å². The van der Waals surface area contributed by atoms with Crippen molar-refractivity contribution in [2.75, 3.05) is 0 Å². The second kappa shape index (κ2) is 11.7. The molecule has 0 spiro atoms. The van der Waals surface area contributed by atoms with Crippen LogP contribution in [0.1, 0.15) is 22.4 Å². The van der Waals surface area contributed by atoms with E-state index in [-0.39, 0.29) is 5.92 Å². The molecule has 2 nitrogen and oxygen atoms in total. The van der Waals surface area contributed by atoms with Crippen LogP contribution in [-0.4, -0.2) is 0 Å². The van der Waals surface area contributed by atoms with Gasteiger partial charge in [0, 0.05) is 32.2 Å². The maximum atomic E-state index is 5.63. The van der Waals surface area contributed by atoms with E-state index in [0.717, 1.165) is 24.0 Å². The number of aryl methyl sites for hydroxylation is 1. The monoisotopic (exact) mass is 684 g/mol. The van der Waals surface area contributed by atoms with Gasteiger partial charge < -0.3 is 8.83 Å². The lowest BCUT2D eigenvalue weighted by Crippen LogP contribution is -2.30. The first-order chi connectivity index (χ1) is 25.8. The Kier molecular flexibility index (Phi) is 6.65. The molecule has 2 bridgehead atoms. The van der Waals surface area contributed by atoms with E-state index >= 15 is 0 Å². The highest BCUT2D eigenvalue weighted by molar-refractivity contribution is 7.20. The summed E-state index contributed by atoms with van der Waals surface area (Å²) >= 11 is 1.95. The summed E-state index contributed by atoms with van der Waals surface area (Å²) in [5.41, 5.74) is 12.7. The Morgan fingerprint density at radius 2 is 1.29 bits per heavy atom. The Labute approximate surface area is 305 Å². The Balaban J connectivity index is 1.14. The van der Waals surface area contributed by atoms with Gasteiger partial charge in [0.15, 0.2) is 0 Å². The van der Waals surface area contributed by atoms with Gasteiger partial charge in [0.2, 0.25) is 0 Å². The van der Waals surface area contributed by atoms with E-state index in [1.807, 2.05) is 23.9 Å². The second-order valence-electron chi connectivity index (χ2n) is 13.9. The van der Waals surface area contributed by atoms with Crippen LogP contribution in [0, 0.1) is 5.92 Å². The van der Waals surface area contributed by atoms with Crippen molar-refractivity contribution in [1.82, 2.24) is 0 Å². The van der Waals surface area contributed by atoms with Crippen molar-refractivity contribution in [2.45, 2.75) is 12.8 Å². The molecule has 52 heavy (non-hydrogen) atoms. The van der Waals surface area contributed by atoms with Crippen molar-refractivity contribution in [3.63, 3.8) is 0 Å². The van der Waals surface area contributed by atoms with E-state index in [4.69, 9.17) is 8.83 Å². The van der Waals surface area contributed by atoms with E-state index in [1.54, 1.807) is 12.5 Å². The van der Waals surface area contributed by atoms with Crippen LogP contribution in [0.5, 0.6) is 0 Å². The molecule has 0 amide bonds. The fourth-order valence-electron chi connectivity index (χ4n) is 8.93. The predicted octanol–water partition coefficient (Wildman–Crippen LogP) is 11.8. The molecule has 0 radical (unpaired) electrons. The zero-order valence-electron chi connectivity index (χ0n) is 28.3. The van der Waals surface area contributed by atoms with Crippen LogP contribution < -0.4 is 10.4 Å². The third kappa shape index (κ3) is 4.43. The van der Waals surface area contributed by atoms with Crippen molar-refractivity contribution in [2.24, 2.45) is 5.92 Å². The van der Waals surface area contributed by atoms with Gasteiger partial charge in [-0.2, -0.15) is 0 Å². The molecule has 0 saturated carbocycles. The number of allylic oxidation sites excluding steroid dienone is 8. The maximum absolute atomic E-state index is 5.63. The molecule has 0 fully saturated rings. The summed E-state index contributed by atoms with van der Waals surface area (Å²) in [7, 11) is 0. The van der Waals surface area contributed by atoms with Gasteiger partial charge in [-0.15, -0.1) is 11.3 Å². The van der Waals surface area contributed by atoms with Crippen molar-refractivity contribution < 1.29 is 8.83 Å². The van der Waals surface area contributed by atoms with Gasteiger partial charge in [-0.1, -0.05) is 121 Å².